The van der Waals surface area contributed by atoms with Crippen LogP contribution in [0.1, 0.15) is 13.8 Å². The van der Waals surface area contributed by atoms with Crippen molar-refractivity contribution in [2.24, 2.45) is 0 Å². The lowest BCUT2D eigenvalue weighted by molar-refractivity contribution is -0.130. The molecule has 0 aliphatic rings. The van der Waals surface area contributed by atoms with Gasteiger partial charge in [-0.1, -0.05) is 37.4 Å². The van der Waals surface area contributed by atoms with Crippen LogP contribution in [-0.2, 0) is 9.59 Å². The third-order valence-corrected chi connectivity index (χ3v) is 3.90. The number of benzene rings is 3. The molecule has 0 aromatic heterocycles. The molecule has 0 fully saturated rings. The number of carbonyl (C=O) groups excluding carboxylic acids is 2. The molecular formula is C24H20O4. The first-order valence-corrected chi connectivity index (χ1v) is 8.40. The number of carbonyl (C=O) groups is 2. The highest BCUT2D eigenvalue weighted by Crippen LogP contribution is 2.31. The van der Waals surface area contributed by atoms with Crippen LogP contribution in [0.4, 0.5) is 0 Å². The van der Waals surface area contributed by atoms with Gasteiger partial charge in [0.1, 0.15) is 11.5 Å². The molecule has 140 valence electrons. The van der Waals surface area contributed by atoms with E-state index in [2.05, 4.69) is 26.0 Å². The van der Waals surface area contributed by atoms with Gasteiger partial charge >= 0.3 is 11.9 Å². The molecule has 0 bridgehead atoms. The average Bonchev–Trinajstić information content (AvgIpc) is 2.68. The van der Waals surface area contributed by atoms with Crippen molar-refractivity contribution in [2.45, 2.75) is 13.8 Å². The van der Waals surface area contributed by atoms with Gasteiger partial charge in [0.25, 0.3) is 0 Å². The SMILES string of the molecule is C#C.C=C(C)C(=O)Oc1ccc2c(ccc3cc(OC(=O)C(=C)C)ccc32)c1. The number of ether oxygens (including phenoxy) is 2. The van der Waals surface area contributed by atoms with E-state index in [1.54, 1.807) is 26.0 Å². The maximum atomic E-state index is 11.7. The molecule has 0 heterocycles. The molecule has 0 radical (unpaired) electrons. The summed E-state index contributed by atoms with van der Waals surface area (Å²) >= 11 is 0. The van der Waals surface area contributed by atoms with Crippen molar-refractivity contribution < 1.29 is 19.1 Å². The van der Waals surface area contributed by atoms with Gasteiger partial charge in [0, 0.05) is 11.1 Å². The zero-order valence-electron chi connectivity index (χ0n) is 15.8. The minimum absolute atomic E-state index is 0.348. The predicted octanol–water partition coefficient (Wildman–Crippen LogP) is 5.21. The Morgan fingerprint density at radius 2 is 1.07 bits per heavy atom. The number of hydrogen-bond donors (Lipinski definition) is 0. The standard InChI is InChI=1S/C22H18O4.C2H2/c1-13(2)21(23)25-17-7-9-19-15(11-17)5-6-16-12-18(8-10-20(16)19)26-22(24)14(3)4;1-2/h5-12H,1,3H2,2,4H3;1-2H. The summed E-state index contributed by atoms with van der Waals surface area (Å²) in [7, 11) is 0. The van der Waals surface area contributed by atoms with Gasteiger partial charge in [-0.2, -0.15) is 0 Å². The number of rotatable bonds is 4. The van der Waals surface area contributed by atoms with Crippen LogP contribution in [0.3, 0.4) is 0 Å². The Bertz CT molecular complexity index is 1030. The van der Waals surface area contributed by atoms with Gasteiger partial charge in [0.2, 0.25) is 0 Å². The van der Waals surface area contributed by atoms with Crippen molar-refractivity contribution >= 4 is 33.5 Å². The first-order chi connectivity index (χ1) is 13.3. The third kappa shape index (κ3) is 4.46. The van der Waals surface area contributed by atoms with Crippen LogP contribution in [0.15, 0.2) is 72.8 Å². The van der Waals surface area contributed by atoms with E-state index < -0.39 is 11.9 Å². The van der Waals surface area contributed by atoms with Crippen molar-refractivity contribution in [2.75, 3.05) is 0 Å². The Morgan fingerprint density at radius 1 is 0.714 bits per heavy atom. The van der Waals surface area contributed by atoms with Crippen LogP contribution in [0.25, 0.3) is 21.5 Å². The number of fused-ring (bicyclic) bond motifs is 3. The van der Waals surface area contributed by atoms with Crippen molar-refractivity contribution in [1.82, 2.24) is 0 Å². The van der Waals surface area contributed by atoms with Crippen LogP contribution in [-0.4, -0.2) is 11.9 Å². The van der Waals surface area contributed by atoms with Gasteiger partial charge in [-0.15, -0.1) is 12.8 Å². The number of esters is 2. The number of hydrogen-bond acceptors (Lipinski definition) is 4. The second-order valence-corrected chi connectivity index (χ2v) is 6.17. The molecular weight excluding hydrogens is 352 g/mol. The molecule has 3 aromatic rings. The van der Waals surface area contributed by atoms with E-state index >= 15 is 0 Å². The van der Waals surface area contributed by atoms with E-state index in [9.17, 15) is 9.59 Å². The van der Waals surface area contributed by atoms with E-state index in [1.165, 1.54) is 0 Å². The van der Waals surface area contributed by atoms with Crippen LogP contribution in [0, 0.1) is 12.8 Å². The molecule has 0 atom stereocenters. The molecule has 0 saturated carbocycles. The third-order valence-electron chi connectivity index (χ3n) is 3.90. The monoisotopic (exact) mass is 372 g/mol. The fourth-order valence-electron chi connectivity index (χ4n) is 2.54. The quantitative estimate of drug-likeness (QED) is 0.207. The largest absolute Gasteiger partial charge is 0.423 e. The summed E-state index contributed by atoms with van der Waals surface area (Å²) < 4.78 is 10.6. The second-order valence-electron chi connectivity index (χ2n) is 6.17. The smallest absolute Gasteiger partial charge is 0.338 e. The van der Waals surface area contributed by atoms with Crippen LogP contribution >= 0.6 is 0 Å². The summed E-state index contributed by atoms with van der Waals surface area (Å²) in [6.07, 6.45) is 8.00. The van der Waals surface area contributed by atoms with Gasteiger partial charge in [-0.05, 0) is 59.7 Å². The van der Waals surface area contributed by atoms with Crippen LogP contribution in [0.5, 0.6) is 11.5 Å². The molecule has 0 N–H and O–H groups in total. The lowest BCUT2D eigenvalue weighted by atomic mass is 10.0. The first kappa shape index (κ1) is 20.5. The van der Waals surface area contributed by atoms with Crippen molar-refractivity contribution in [3.63, 3.8) is 0 Å². The number of terminal acetylenes is 1. The first-order valence-electron chi connectivity index (χ1n) is 8.40. The zero-order valence-corrected chi connectivity index (χ0v) is 15.8. The summed E-state index contributed by atoms with van der Waals surface area (Å²) in [5.74, 6) is 0.0388. The molecule has 0 saturated heterocycles. The Labute approximate surface area is 164 Å². The van der Waals surface area contributed by atoms with Crippen molar-refractivity contribution in [3.05, 3.63) is 72.8 Å². The van der Waals surface area contributed by atoms with E-state index in [-0.39, 0.29) is 0 Å². The molecule has 28 heavy (non-hydrogen) atoms. The molecule has 4 nitrogen and oxygen atoms in total. The molecule has 3 aromatic carbocycles. The maximum Gasteiger partial charge on any atom is 0.338 e. The summed E-state index contributed by atoms with van der Waals surface area (Å²) in [4.78, 5) is 23.3. The van der Waals surface area contributed by atoms with Crippen molar-refractivity contribution in [3.8, 4) is 24.3 Å². The fourth-order valence-corrected chi connectivity index (χ4v) is 2.54. The molecule has 0 spiro atoms. The Kier molecular flexibility index (Phi) is 6.36. The van der Waals surface area contributed by atoms with E-state index in [0.717, 1.165) is 21.5 Å². The van der Waals surface area contributed by atoms with E-state index in [1.807, 2.05) is 36.4 Å². The van der Waals surface area contributed by atoms with Gasteiger partial charge < -0.3 is 9.47 Å². The van der Waals surface area contributed by atoms with Gasteiger partial charge in [-0.25, -0.2) is 9.59 Å². The highest BCUT2D eigenvalue weighted by Gasteiger charge is 2.09. The molecule has 0 amide bonds. The summed E-state index contributed by atoms with van der Waals surface area (Å²) in [6.45, 7) is 10.4. The average molecular weight is 372 g/mol. The topological polar surface area (TPSA) is 52.6 Å². The second kappa shape index (κ2) is 8.70. The predicted molar refractivity (Wildman–Crippen MR) is 112 cm³/mol. The van der Waals surface area contributed by atoms with Gasteiger partial charge in [0.15, 0.2) is 0 Å². The Balaban J connectivity index is 0.00000136. The Morgan fingerprint density at radius 3 is 1.39 bits per heavy atom. The highest BCUT2D eigenvalue weighted by molar-refractivity contribution is 6.08. The molecule has 0 aliphatic heterocycles. The summed E-state index contributed by atoms with van der Waals surface area (Å²) in [5, 5.41) is 3.90. The van der Waals surface area contributed by atoms with Crippen LogP contribution < -0.4 is 9.47 Å². The summed E-state index contributed by atoms with van der Waals surface area (Å²) in [6, 6.07) is 14.8. The normalized spacial score (nSPS) is 9.86. The van der Waals surface area contributed by atoms with E-state index in [4.69, 9.17) is 9.47 Å². The maximum absolute atomic E-state index is 11.7. The molecule has 0 aliphatic carbocycles. The van der Waals surface area contributed by atoms with Crippen molar-refractivity contribution in [1.29, 1.82) is 0 Å². The fraction of sp³-hybridized carbons (Fsp3) is 0.0833. The molecule has 3 rings (SSSR count). The van der Waals surface area contributed by atoms with E-state index in [0.29, 0.717) is 22.6 Å². The van der Waals surface area contributed by atoms with Crippen LogP contribution in [0.2, 0.25) is 0 Å². The molecule has 0 unspecified atom stereocenters. The van der Waals surface area contributed by atoms with Gasteiger partial charge in [0.05, 0.1) is 0 Å². The minimum atomic E-state index is -0.450. The Hall–Kier alpha value is -3.84. The lowest BCUT2D eigenvalue weighted by Gasteiger charge is -2.09. The minimum Gasteiger partial charge on any atom is -0.423 e. The highest BCUT2D eigenvalue weighted by atomic mass is 16.5. The van der Waals surface area contributed by atoms with Gasteiger partial charge in [-0.3, -0.25) is 0 Å². The lowest BCUT2D eigenvalue weighted by Crippen LogP contribution is -2.08. The molecule has 4 heteroatoms. The zero-order chi connectivity index (χ0) is 20.8. The summed E-state index contributed by atoms with van der Waals surface area (Å²) in [5.41, 5.74) is 0.695.